The van der Waals surface area contributed by atoms with E-state index in [2.05, 4.69) is 5.32 Å². The molecule has 84 valence electrons. The fraction of sp³-hybridized carbons (Fsp3) is 0.455. The van der Waals surface area contributed by atoms with Crippen molar-refractivity contribution >= 4 is 5.69 Å². The van der Waals surface area contributed by atoms with E-state index < -0.39 is 17.2 Å². The van der Waals surface area contributed by atoms with Crippen molar-refractivity contribution in [1.29, 1.82) is 0 Å². The molecule has 0 spiro atoms. The normalized spacial score (nSPS) is 11.5. The molecule has 1 aromatic rings. The monoisotopic (exact) mass is 215 g/mol. The first kappa shape index (κ1) is 11.9. The molecule has 0 aliphatic carbocycles. The number of hydrogen-bond donors (Lipinski definition) is 2. The lowest BCUT2D eigenvalue weighted by Crippen LogP contribution is -2.22. The number of halogens is 2. The summed E-state index contributed by atoms with van der Waals surface area (Å²) in [4.78, 5) is 0. The van der Waals surface area contributed by atoms with Crippen LogP contribution < -0.4 is 5.32 Å². The lowest BCUT2D eigenvalue weighted by molar-refractivity contribution is 0.0748. The van der Waals surface area contributed by atoms with Gasteiger partial charge in [-0.05, 0) is 32.4 Å². The Balaban J connectivity index is 2.55. The van der Waals surface area contributed by atoms with Gasteiger partial charge in [-0.1, -0.05) is 6.07 Å². The lowest BCUT2D eigenvalue weighted by atomic mass is 10.1. The average Bonchev–Trinajstić information content (AvgIpc) is 2.10. The zero-order valence-electron chi connectivity index (χ0n) is 8.85. The third-order valence-corrected chi connectivity index (χ3v) is 2.00. The van der Waals surface area contributed by atoms with E-state index >= 15 is 0 Å². The summed E-state index contributed by atoms with van der Waals surface area (Å²) in [6.45, 7) is 3.72. The molecule has 0 aliphatic heterocycles. The summed E-state index contributed by atoms with van der Waals surface area (Å²) < 4.78 is 25.9. The van der Waals surface area contributed by atoms with Crippen LogP contribution in [0.25, 0.3) is 0 Å². The van der Waals surface area contributed by atoms with Gasteiger partial charge in [0.1, 0.15) is 0 Å². The molecule has 2 N–H and O–H groups in total. The maximum atomic E-state index is 13.1. The Kier molecular flexibility index (Phi) is 3.63. The van der Waals surface area contributed by atoms with E-state index in [1.165, 1.54) is 12.1 Å². The molecular formula is C11H15F2NO. The molecule has 2 nitrogen and oxygen atoms in total. The Hall–Kier alpha value is -1.16. The summed E-state index contributed by atoms with van der Waals surface area (Å²) in [6.07, 6.45) is 0.461. The van der Waals surface area contributed by atoms with Gasteiger partial charge in [-0.2, -0.15) is 0 Å². The Morgan fingerprint density at radius 3 is 2.60 bits per heavy atom. The fourth-order valence-corrected chi connectivity index (χ4v) is 1.14. The van der Waals surface area contributed by atoms with Crippen LogP contribution in [0, 0.1) is 11.6 Å². The van der Waals surface area contributed by atoms with Gasteiger partial charge in [-0.15, -0.1) is 0 Å². The van der Waals surface area contributed by atoms with Crippen LogP contribution in [0.3, 0.4) is 0 Å². The molecule has 0 fully saturated rings. The van der Waals surface area contributed by atoms with Gasteiger partial charge < -0.3 is 10.4 Å². The highest BCUT2D eigenvalue weighted by molar-refractivity contribution is 5.44. The van der Waals surface area contributed by atoms with Crippen molar-refractivity contribution in [3.05, 3.63) is 29.8 Å². The number of benzene rings is 1. The molecule has 0 radical (unpaired) electrons. The van der Waals surface area contributed by atoms with E-state index in [0.717, 1.165) is 6.07 Å². The third-order valence-electron chi connectivity index (χ3n) is 2.00. The minimum atomic E-state index is -0.881. The Labute approximate surface area is 87.9 Å². The minimum Gasteiger partial charge on any atom is -0.390 e. The van der Waals surface area contributed by atoms with Crippen LogP contribution in [-0.4, -0.2) is 17.3 Å². The van der Waals surface area contributed by atoms with Crippen molar-refractivity contribution in [3.8, 4) is 0 Å². The van der Waals surface area contributed by atoms with E-state index in [4.69, 9.17) is 0 Å². The number of aliphatic hydroxyl groups is 1. The highest BCUT2D eigenvalue weighted by Gasteiger charge is 2.12. The first-order valence-electron chi connectivity index (χ1n) is 4.80. The van der Waals surface area contributed by atoms with E-state index in [1.807, 2.05) is 0 Å². The minimum absolute atomic E-state index is 0.124. The van der Waals surface area contributed by atoms with Crippen LogP contribution in [0.15, 0.2) is 18.2 Å². The zero-order chi connectivity index (χ0) is 11.5. The molecule has 0 saturated carbocycles. The molecule has 0 amide bonds. The zero-order valence-corrected chi connectivity index (χ0v) is 8.85. The molecule has 0 aromatic heterocycles. The second-order valence-corrected chi connectivity index (χ2v) is 4.09. The summed E-state index contributed by atoms with van der Waals surface area (Å²) in [6, 6.07) is 3.96. The van der Waals surface area contributed by atoms with Crippen molar-refractivity contribution in [3.63, 3.8) is 0 Å². The Morgan fingerprint density at radius 2 is 2.00 bits per heavy atom. The van der Waals surface area contributed by atoms with Crippen LogP contribution in [0.5, 0.6) is 0 Å². The second-order valence-electron chi connectivity index (χ2n) is 4.09. The van der Waals surface area contributed by atoms with Crippen LogP contribution in [-0.2, 0) is 0 Å². The van der Waals surface area contributed by atoms with Gasteiger partial charge in [-0.25, -0.2) is 8.78 Å². The van der Waals surface area contributed by atoms with Crippen molar-refractivity contribution in [2.45, 2.75) is 25.9 Å². The molecule has 0 aliphatic rings. The molecule has 15 heavy (non-hydrogen) atoms. The lowest BCUT2D eigenvalue weighted by Gasteiger charge is -2.17. The number of nitrogens with one attached hydrogen (secondary N) is 1. The highest BCUT2D eigenvalue weighted by Crippen LogP contribution is 2.17. The van der Waals surface area contributed by atoms with Crippen molar-refractivity contribution < 1.29 is 13.9 Å². The molecule has 0 saturated heterocycles. The first-order chi connectivity index (χ1) is 6.90. The number of rotatable bonds is 4. The highest BCUT2D eigenvalue weighted by atomic mass is 19.2. The quantitative estimate of drug-likeness (QED) is 0.809. The van der Waals surface area contributed by atoms with Crippen LogP contribution in [0.2, 0.25) is 0 Å². The van der Waals surface area contributed by atoms with Crippen molar-refractivity contribution in [1.82, 2.24) is 0 Å². The van der Waals surface area contributed by atoms with Gasteiger partial charge in [-0.3, -0.25) is 0 Å². The van der Waals surface area contributed by atoms with Gasteiger partial charge >= 0.3 is 0 Å². The van der Waals surface area contributed by atoms with E-state index in [0.29, 0.717) is 13.0 Å². The van der Waals surface area contributed by atoms with E-state index in [-0.39, 0.29) is 5.69 Å². The molecule has 1 rings (SSSR count). The van der Waals surface area contributed by atoms with Crippen LogP contribution >= 0.6 is 0 Å². The second kappa shape index (κ2) is 4.57. The molecule has 4 heteroatoms. The molecule has 0 heterocycles. The van der Waals surface area contributed by atoms with Crippen LogP contribution in [0.4, 0.5) is 14.5 Å². The van der Waals surface area contributed by atoms with Gasteiger partial charge in [0.25, 0.3) is 0 Å². The molecule has 0 bridgehead atoms. The predicted octanol–water partition coefficient (Wildman–Crippen LogP) is 2.54. The van der Waals surface area contributed by atoms with Crippen molar-refractivity contribution in [2.75, 3.05) is 11.9 Å². The van der Waals surface area contributed by atoms with Crippen molar-refractivity contribution in [2.24, 2.45) is 0 Å². The van der Waals surface area contributed by atoms with Gasteiger partial charge in [0.2, 0.25) is 0 Å². The number of hydrogen-bond acceptors (Lipinski definition) is 2. The largest absolute Gasteiger partial charge is 0.390 e. The van der Waals surface area contributed by atoms with E-state index in [1.54, 1.807) is 13.8 Å². The third kappa shape index (κ3) is 3.83. The summed E-state index contributed by atoms with van der Waals surface area (Å²) in [5.41, 5.74) is -0.684. The van der Waals surface area contributed by atoms with Gasteiger partial charge in [0, 0.05) is 6.54 Å². The molecular weight excluding hydrogens is 200 g/mol. The summed E-state index contributed by atoms with van der Waals surface area (Å²) in [5.74, 6) is -1.75. The topological polar surface area (TPSA) is 32.3 Å². The number of anilines is 1. The maximum absolute atomic E-state index is 13.1. The molecule has 1 aromatic carbocycles. The summed E-state index contributed by atoms with van der Waals surface area (Å²) in [7, 11) is 0. The molecule has 0 atom stereocenters. The predicted molar refractivity (Wildman–Crippen MR) is 55.8 cm³/mol. The SMILES string of the molecule is CC(C)(O)CCNc1cccc(F)c1F. The van der Waals surface area contributed by atoms with Gasteiger partial charge in [0.15, 0.2) is 11.6 Å². The fourth-order valence-electron chi connectivity index (χ4n) is 1.14. The Bertz CT molecular complexity index is 334. The van der Waals surface area contributed by atoms with Gasteiger partial charge in [0.05, 0.1) is 11.3 Å². The maximum Gasteiger partial charge on any atom is 0.181 e. The first-order valence-corrected chi connectivity index (χ1v) is 4.80. The Morgan fingerprint density at radius 1 is 1.33 bits per heavy atom. The average molecular weight is 215 g/mol. The standard InChI is InChI=1S/C11H15F2NO/c1-11(2,15)6-7-14-9-5-3-4-8(12)10(9)13/h3-5,14-15H,6-7H2,1-2H3. The molecule has 0 unspecified atom stereocenters. The summed E-state index contributed by atoms with van der Waals surface area (Å²) in [5, 5.41) is 12.1. The summed E-state index contributed by atoms with van der Waals surface area (Å²) >= 11 is 0. The van der Waals surface area contributed by atoms with E-state index in [9.17, 15) is 13.9 Å². The smallest absolute Gasteiger partial charge is 0.181 e. The van der Waals surface area contributed by atoms with Crippen LogP contribution in [0.1, 0.15) is 20.3 Å².